The van der Waals surface area contributed by atoms with Crippen LogP contribution >= 0.6 is 0 Å². The molecular weight excluding hydrogens is 274 g/mol. The largest absolute Gasteiger partial charge is 0.493 e. The average molecular weight is 299 g/mol. The van der Waals surface area contributed by atoms with Crippen LogP contribution in [-0.4, -0.2) is 13.7 Å². The number of unbranched alkanes of at least 4 members (excludes halogenated alkanes) is 1. The minimum atomic E-state index is 0.710. The van der Waals surface area contributed by atoms with E-state index in [1.807, 2.05) is 12.1 Å². The summed E-state index contributed by atoms with van der Waals surface area (Å²) in [6.45, 7) is 5.68. The Morgan fingerprint density at radius 3 is 2.64 bits per heavy atom. The Labute approximate surface area is 133 Å². The Balaban J connectivity index is 2.11. The zero-order valence-electron chi connectivity index (χ0n) is 13.7. The molecular formula is C19H25NO2. The van der Waals surface area contributed by atoms with Crippen LogP contribution in [0.25, 0.3) is 0 Å². The highest BCUT2D eigenvalue weighted by molar-refractivity contribution is 5.50. The van der Waals surface area contributed by atoms with Gasteiger partial charge in [0.05, 0.1) is 13.7 Å². The maximum atomic E-state index is 5.95. The highest BCUT2D eigenvalue weighted by atomic mass is 16.5. The van der Waals surface area contributed by atoms with Crippen molar-refractivity contribution in [2.75, 3.05) is 19.0 Å². The summed E-state index contributed by atoms with van der Waals surface area (Å²) in [5.74, 6) is 1.64. The highest BCUT2D eigenvalue weighted by Crippen LogP contribution is 2.31. The van der Waals surface area contributed by atoms with E-state index in [1.54, 1.807) is 7.11 Å². The molecule has 3 nitrogen and oxygen atoms in total. The molecule has 0 saturated carbocycles. The molecule has 0 atom stereocenters. The molecule has 0 amide bonds. The zero-order chi connectivity index (χ0) is 15.8. The van der Waals surface area contributed by atoms with Gasteiger partial charge in [0.25, 0.3) is 0 Å². The summed E-state index contributed by atoms with van der Waals surface area (Å²) in [6, 6.07) is 14.4. The van der Waals surface area contributed by atoms with Gasteiger partial charge in [0, 0.05) is 17.8 Å². The first kappa shape index (κ1) is 16.2. The molecule has 2 aromatic rings. The van der Waals surface area contributed by atoms with E-state index in [2.05, 4.69) is 49.5 Å². The van der Waals surface area contributed by atoms with E-state index in [9.17, 15) is 0 Å². The van der Waals surface area contributed by atoms with E-state index >= 15 is 0 Å². The van der Waals surface area contributed by atoms with Crippen molar-refractivity contribution in [2.45, 2.75) is 33.2 Å². The van der Waals surface area contributed by atoms with Gasteiger partial charge >= 0.3 is 0 Å². The summed E-state index contributed by atoms with van der Waals surface area (Å²) >= 11 is 0. The Morgan fingerprint density at radius 2 is 1.91 bits per heavy atom. The fraction of sp³-hybridized carbons (Fsp3) is 0.368. The quantitative estimate of drug-likeness (QED) is 0.711. The lowest BCUT2D eigenvalue weighted by Gasteiger charge is -2.16. The monoisotopic (exact) mass is 299 g/mol. The van der Waals surface area contributed by atoms with Crippen LogP contribution in [0.1, 0.15) is 30.9 Å². The number of para-hydroxylation sites is 1. The fourth-order valence-corrected chi connectivity index (χ4v) is 2.30. The number of methoxy groups -OCH3 is 1. The normalized spacial score (nSPS) is 10.3. The number of nitrogens with one attached hydrogen (secondary N) is 1. The molecule has 0 saturated heterocycles. The van der Waals surface area contributed by atoms with Gasteiger partial charge in [-0.15, -0.1) is 0 Å². The van der Waals surface area contributed by atoms with E-state index in [0.29, 0.717) is 13.2 Å². The summed E-state index contributed by atoms with van der Waals surface area (Å²) in [4.78, 5) is 0. The fourth-order valence-electron chi connectivity index (χ4n) is 2.30. The highest BCUT2D eigenvalue weighted by Gasteiger charge is 2.10. The third-order valence-electron chi connectivity index (χ3n) is 3.53. The molecule has 118 valence electrons. The molecule has 0 heterocycles. The van der Waals surface area contributed by atoms with Crippen LogP contribution in [0.5, 0.6) is 11.5 Å². The topological polar surface area (TPSA) is 30.5 Å². The van der Waals surface area contributed by atoms with Gasteiger partial charge in [-0.2, -0.15) is 0 Å². The van der Waals surface area contributed by atoms with Gasteiger partial charge < -0.3 is 14.8 Å². The first-order valence-electron chi connectivity index (χ1n) is 7.83. The molecule has 0 aliphatic carbocycles. The lowest BCUT2D eigenvalue weighted by atomic mass is 10.1. The molecule has 0 aliphatic rings. The van der Waals surface area contributed by atoms with E-state index in [0.717, 1.165) is 35.6 Å². The van der Waals surface area contributed by atoms with Crippen LogP contribution in [-0.2, 0) is 6.54 Å². The van der Waals surface area contributed by atoms with E-state index in [1.165, 1.54) is 5.56 Å². The Bertz CT molecular complexity index is 596. The summed E-state index contributed by atoms with van der Waals surface area (Å²) in [6.07, 6.45) is 2.16. The first-order valence-corrected chi connectivity index (χ1v) is 7.83. The van der Waals surface area contributed by atoms with Crippen LogP contribution in [0.2, 0.25) is 0 Å². The number of hydrogen-bond acceptors (Lipinski definition) is 3. The van der Waals surface area contributed by atoms with Crippen molar-refractivity contribution in [1.29, 1.82) is 0 Å². The third kappa shape index (κ3) is 4.42. The molecule has 2 aromatic carbocycles. The van der Waals surface area contributed by atoms with Crippen molar-refractivity contribution >= 4 is 5.69 Å². The molecule has 22 heavy (non-hydrogen) atoms. The van der Waals surface area contributed by atoms with Crippen molar-refractivity contribution in [3.8, 4) is 11.5 Å². The lowest BCUT2D eigenvalue weighted by molar-refractivity contribution is 0.285. The zero-order valence-corrected chi connectivity index (χ0v) is 13.7. The molecule has 0 unspecified atom stereocenters. The van der Waals surface area contributed by atoms with Crippen molar-refractivity contribution in [3.63, 3.8) is 0 Å². The minimum Gasteiger partial charge on any atom is -0.493 e. The SMILES string of the molecule is CCCCOc1c(CNc2cccc(C)c2)cccc1OC. The summed E-state index contributed by atoms with van der Waals surface area (Å²) in [5, 5.41) is 3.45. The maximum Gasteiger partial charge on any atom is 0.166 e. The van der Waals surface area contributed by atoms with Gasteiger partial charge in [-0.3, -0.25) is 0 Å². The smallest absolute Gasteiger partial charge is 0.166 e. The summed E-state index contributed by atoms with van der Waals surface area (Å²) in [7, 11) is 1.68. The van der Waals surface area contributed by atoms with Gasteiger partial charge in [0.2, 0.25) is 0 Å². The molecule has 3 heteroatoms. The van der Waals surface area contributed by atoms with Gasteiger partial charge in [-0.1, -0.05) is 37.6 Å². The van der Waals surface area contributed by atoms with Crippen LogP contribution in [0.15, 0.2) is 42.5 Å². The number of ether oxygens (including phenoxy) is 2. The van der Waals surface area contributed by atoms with Crippen LogP contribution < -0.4 is 14.8 Å². The van der Waals surface area contributed by atoms with Crippen molar-refractivity contribution in [3.05, 3.63) is 53.6 Å². The summed E-state index contributed by atoms with van der Waals surface area (Å²) in [5.41, 5.74) is 3.47. The molecule has 0 aliphatic heterocycles. The molecule has 0 spiro atoms. The Hall–Kier alpha value is -2.16. The van der Waals surface area contributed by atoms with Gasteiger partial charge in [0.1, 0.15) is 0 Å². The molecule has 0 bridgehead atoms. The second-order valence-corrected chi connectivity index (χ2v) is 5.37. The van der Waals surface area contributed by atoms with E-state index in [4.69, 9.17) is 9.47 Å². The Morgan fingerprint density at radius 1 is 1.09 bits per heavy atom. The molecule has 1 N–H and O–H groups in total. The van der Waals surface area contributed by atoms with E-state index in [-0.39, 0.29) is 0 Å². The van der Waals surface area contributed by atoms with Gasteiger partial charge in [-0.25, -0.2) is 0 Å². The number of aryl methyl sites for hydroxylation is 1. The van der Waals surface area contributed by atoms with Crippen molar-refractivity contribution in [2.24, 2.45) is 0 Å². The number of benzene rings is 2. The second kappa shape index (κ2) is 8.32. The summed E-state index contributed by atoms with van der Waals surface area (Å²) < 4.78 is 11.4. The number of anilines is 1. The predicted octanol–water partition coefficient (Wildman–Crippen LogP) is 4.79. The molecule has 0 fully saturated rings. The van der Waals surface area contributed by atoms with E-state index < -0.39 is 0 Å². The second-order valence-electron chi connectivity index (χ2n) is 5.37. The standard InChI is InChI=1S/C19H25NO2/c1-4-5-12-22-19-16(9-7-11-18(19)21-3)14-20-17-10-6-8-15(2)13-17/h6-11,13,20H,4-5,12,14H2,1-3H3. The molecule has 0 radical (unpaired) electrons. The van der Waals surface area contributed by atoms with Crippen LogP contribution in [0.4, 0.5) is 5.69 Å². The van der Waals surface area contributed by atoms with Crippen molar-refractivity contribution < 1.29 is 9.47 Å². The van der Waals surface area contributed by atoms with Crippen molar-refractivity contribution in [1.82, 2.24) is 0 Å². The third-order valence-corrected chi connectivity index (χ3v) is 3.53. The first-order chi connectivity index (χ1) is 10.7. The minimum absolute atomic E-state index is 0.710. The molecule has 0 aromatic heterocycles. The van der Waals surface area contributed by atoms with Crippen LogP contribution in [0, 0.1) is 6.92 Å². The molecule has 2 rings (SSSR count). The number of rotatable bonds is 8. The lowest BCUT2D eigenvalue weighted by Crippen LogP contribution is -2.06. The number of hydrogen-bond donors (Lipinski definition) is 1. The van der Waals surface area contributed by atoms with Gasteiger partial charge in [-0.05, 0) is 37.1 Å². The maximum absolute atomic E-state index is 5.95. The van der Waals surface area contributed by atoms with Gasteiger partial charge in [0.15, 0.2) is 11.5 Å². The Kier molecular flexibility index (Phi) is 6.13. The van der Waals surface area contributed by atoms with Crippen LogP contribution in [0.3, 0.4) is 0 Å². The predicted molar refractivity (Wildman–Crippen MR) is 91.9 cm³/mol. The average Bonchev–Trinajstić information content (AvgIpc) is 2.54.